The second-order valence-electron chi connectivity index (χ2n) is 20.1. The van der Waals surface area contributed by atoms with E-state index in [1.165, 1.54) is 94.2 Å². The van der Waals surface area contributed by atoms with Crippen molar-refractivity contribution in [2.45, 2.75) is 17.8 Å². The molecule has 1 atom stereocenters. The van der Waals surface area contributed by atoms with Crippen molar-refractivity contribution in [2.24, 2.45) is 0 Å². The Hall–Kier alpha value is -9.30. The molecule has 0 radical (unpaired) electrons. The van der Waals surface area contributed by atoms with Gasteiger partial charge in [-0.05, 0) is 155 Å². The third-order valence-corrected chi connectivity index (χ3v) is 16.2. The lowest BCUT2D eigenvalue weighted by atomic mass is 9.67. The average molecular weight is 942 g/mol. The van der Waals surface area contributed by atoms with Gasteiger partial charge in [0.15, 0.2) is 0 Å². The molecule has 0 saturated heterocycles. The van der Waals surface area contributed by atoms with Crippen LogP contribution >= 0.6 is 0 Å². The van der Waals surface area contributed by atoms with Gasteiger partial charge >= 0.3 is 0 Å². The summed E-state index contributed by atoms with van der Waals surface area (Å²) in [6.07, 6.45) is 0. The molecule has 2 aliphatic rings. The highest BCUT2D eigenvalue weighted by atomic mass is 15.1. The van der Waals surface area contributed by atoms with Gasteiger partial charge in [0.2, 0.25) is 0 Å². The van der Waals surface area contributed by atoms with E-state index in [9.17, 15) is 0 Å². The Morgan fingerprint density at radius 2 is 0.743 bits per heavy atom. The topological polar surface area (TPSA) is 3.24 Å². The Morgan fingerprint density at radius 3 is 1.46 bits per heavy atom. The molecule has 0 bridgehead atoms. The molecule has 14 rings (SSSR count). The van der Waals surface area contributed by atoms with Crippen molar-refractivity contribution in [1.82, 2.24) is 0 Å². The predicted molar refractivity (Wildman–Crippen MR) is 310 cm³/mol. The third-order valence-electron chi connectivity index (χ3n) is 16.2. The standard InChI is InChI=1S/C73H51N/c1-72(57-23-5-2-6-24-57)67-33-16-13-31-63(67)65-44-40-55(48-69(65)72)51-38-42-60(43-39-51)74(61-29-19-22-53(47-61)54-37-36-50-20-11-12-21-52(50)46-54)71-35-18-15-30-62(71)56-41-45-66-64-32-14-17-34-68(64)73(70(66)49-56,58-25-7-3-8-26-58)59-27-9-4-10-28-59/h2-49H,1H3. The van der Waals surface area contributed by atoms with Crippen LogP contribution in [0, 0.1) is 0 Å². The summed E-state index contributed by atoms with van der Waals surface area (Å²) in [5, 5.41) is 2.47. The second kappa shape index (κ2) is 17.5. The molecule has 0 spiro atoms. The molecule has 1 nitrogen and oxygen atoms in total. The Labute approximate surface area is 434 Å². The highest BCUT2D eigenvalue weighted by molar-refractivity contribution is 5.94. The van der Waals surface area contributed by atoms with Crippen molar-refractivity contribution >= 4 is 27.8 Å². The van der Waals surface area contributed by atoms with Crippen molar-refractivity contribution in [2.75, 3.05) is 4.90 Å². The number of anilines is 3. The van der Waals surface area contributed by atoms with Crippen LogP contribution in [0.15, 0.2) is 291 Å². The van der Waals surface area contributed by atoms with Crippen molar-refractivity contribution in [3.8, 4) is 55.6 Å². The lowest BCUT2D eigenvalue weighted by Crippen LogP contribution is -2.28. The van der Waals surface area contributed by atoms with Crippen molar-refractivity contribution in [3.63, 3.8) is 0 Å². The number of nitrogens with zero attached hydrogens (tertiary/aromatic N) is 1. The number of hydrogen-bond acceptors (Lipinski definition) is 1. The summed E-state index contributed by atoms with van der Waals surface area (Å²) >= 11 is 0. The lowest BCUT2D eigenvalue weighted by Gasteiger charge is -2.34. The van der Waals surface area contributed by atoms with E-state index in [-0.39, 0.29) is 5.41 Å². The smallest absolute Gasteiger partial charge is 0.0713 e. The zero-order valence-electron chi connectivity index (χ0n) is 41.2. The van der Waals surface area contributed by atoms with Crippen molar-refractivity contribution in [3.05, 3.63) is 330 Å². The summed E-state index contributed by atoms with van der Waals surface area (Å²) in [4.78, 5) is 2.46. The molecule has 1 unspecified atom stereocenters. The van der Waals surface area contributed by atoms with E-state index in [0.29, 0.717) is 0 Å². The summed E-state index contributed by atoms with van der Waals surface area (Å²) in [7, 11) is 0. The van der Waals surface area contributed by atoms with E-state index >= 15 is 0 Å². The molecule has 74 heavy (non-hydrogen) atoms. The predicted octanol–water partition coefficient (Wildman–Crippen LogP) is 19.0. The first kappa shape index (κ1) is 43.5. The first-order valence-electron chi connectivity index (χ1n) is 25.8. The fourth-order valence-corrected chi connectivity index (χ4v) is 12.7. The first-order valence-corrected chi connectivity index (χ1v) is 25.8. The van der Waals surface area contributed by atoms with E-state index in [2.05, 4.69) is 303 Å². The molecule has 0 heterocycles. The summed E-state index contributed by atoms with van der Waals surface area (Å²) in [6, 6.07) is 108. The average Bonchev–Trinajstić information content (AvgIpc) is 3.97. The normalized spacial score (nSPS) is 14.7. The van der Waals surface area contributed by atoms with Gasteiger partial charge in [0.1, 0.15) is 0 Å². The highest BCUT2D eigenvalue weighted by Crippen LogP contribution is 2.58. The molecule has 0 amide bonds. The molecule has 12 aromatic carbocycles. The van der Waals surface area contributed by atoms with Gasteiger partial charge in [-0.25, -0.2) is 0 Å². The minimum atomic E-state index is -0.512. The van der Waals surface area contributed by atoms with E-state index in [4.69, 9.17) is 0 Å². The third kappa shape index (κ3) is 6.78. The molecular formula is C73H51N. The second-order valence-corrected chi connectivity index (χ2v) is 20.1. The van der Waals surface area contributed by atoms with Crippen LogP contribution in [-0.4, -0.2) is 0 Å². The highest BCUT2D eigenvalue weighted by Gasteiger charge is 2.46. The number of rotatable bonds is 9. The molecule has 2 aliphatic carbocycles. The molecule has 0 fully saturated rings. The zero-order chi connectivity index (χ0) is 49.2. The maximum atomic E-state index is 2.48. The maximum Gasteiger partial charge on any atom is 0.0713 e. The van der Waals surface area contributed by atoms with Gasteiger partial charge in [-0.2, -0.15) is 0 Å². The molecule has 1 heteroatoms. The number of fused-ring (bicyclic) bond motifs is 7. The van der Waals surface area contributed by atoms with Gasteiger partial charge in [0, 0.05) is 22.4 Å². The Kier molecular flexibility index (Phi) is 10.3. The summed E-state index contributed by atoms with van der Waals surface area (Å²) in [6.45, 7) is 2.39. The Morgan fingerprint density at radius 1 is 0.257 bits per heavy atom. The summed E-state index contributed by atoms with van der Waals surface area (Å²) in [5.41, 5.74) is 23.8. The molecule has 0 aliphatic heterocycles. The monoisotopic (exact) mass is 941 g/mol. The SMILES string of the molecule is CC1(c2ccccc2)c2ccccc2-c2ccc(-c3ccc(N(c4cccc(-c5ccc6ccccc6c5)c4)c4ccccc4-c4ccc5c(c4)C(c4ccccc4)(c4ccccc4)c4ccccc4-5)cc3)cc21. The zero-order valence-corrected chi connectivity index (χ0v) is 41.2. The molecule has 0 N–H and O–H groups in total. The van der Waals surface area contributed by atoms with Crippen LogP contribution in [0.1, 0.15) is 45.9 Å². The van der Waals surface area contributed by atoms with Gasteiger partial charge < -0.3 is 4.90 Å². The van der Waals surface area contributed by atoms with Crippen LogP contribution in [0.5, 0.6) is 0 Å². The van der Waals surface area contributed by atoms with Crippen molar-refractivity contribution in [1.29, 1.82) is 0 Å². The maximum absolute atomic E-state index is 2.48. The summed E-state index contributed by atoms with van der Waals surface area (Å²) in [5.74, 6) is 0. The minimum Gasteiger partial charge on any atom is -0.310 e. The number of para-hydroxylation sites is 1. The van der Waals surface area contributed by atoms with Crippen LogP contribution < -0.4 is 4.90 Å². The fourth-order valence-electron chi connectivity index (χ4n) is 12.7. The number of benzene rings is 12. The van der Waals surface area contributed by atoms with Gasteiger partial charge in [0.25, 0.3) is 0 Å². The minimum absolute atomic E-state index is 0.276. The largest absolute Gasteiger partial charge is 0.310 e. The molecule has 12 aromatic rings. The molecule has 0 saturated carbocycles. The molecule has 0 aromatic heterocycles. The van der Waals surface area contributed by atoms with Gasteiger partial charge in [0.05, 0.1) is 11.1 Å². The first-order chi connectivity index (χ1) is 36.6. The van der Waals surface area contributed by atoms with Crippen LogP contribution in [0.2, 0.25) is 0 Å². The van der Waals surface area contributed by atoms with Crippen LogP contribution in [0.25, 0.3) is 66.4 Å². The summed E-state index contributed by atoms with van der Waals surface area (Å²) < 4.78 is 0. The van der Waals surface area contributed by atoms with E-state index in [0.717, 1.165) is 28.2 Å². The van der Waals surface area contributed by atoms with Gasteiger partial charge in [-0.15, -0.1) is 0 Å². The van der Waals surface area contributed by atoms with E-state index in [1.54, 1.807) is 0 Å². The van der Waals surface area contributed by atoms with E-state index < -0.39 is 5.41 Å². The number of hydrogen-bond donors (Lipinski definition) is 0. The van der Waals surface area contributed by atoms with Gasteiger partial charge in [-0.1, -0.05) is 243 Å². The lowest BCUT2D eigenvalue weighted by molar-refractivity contribution is 0.714. The Balaban J connectivity index is 0.929. The fraction of sp³-hybridized carbons (Fsp3) is 0.0411. The quantitative estimate of drug-likeness (QED) is 0.139. The molecule has 348 valence electrons. The van der Waals surface area contributed by atoms with Crippen LogP contribution in [0.3, 0.4) is 0 Å². The van der Waals surface area contributed by atoms with Crippen LogP contribution in [-0.2, 0) is 10.8 Å². The molecular weight excluding hydrogens is 891 g/mol. The van der Waals surface area contributed by atoms with Crippen molar-refractivity contribution < 1.29 is 0 Å². The van der Waals surface area contributed by atoms with E-state index in [1.807, 2.05) is 0 Å². The Bertz CT molecular complexity index is 4040. The van der Waals surface area contributed by atoms with Crippen LogP contribution in [0.4, 0.5) is 17.1 Å². The van der Waals surface area contributed by atoms with Gasteiger partial charge in [-0.3, -0.25) is 0 Å².